The first-order valence-electron chi connectivity index (χ1n) is 8.35. The maximum Gasteiger partial charge on any atom is 0.243 e. The lowest BCUT2D eigenvalue weighted by Gasteiger charge is -2.19. The van der Waals surface area contributed by atoms with Gasteiger partial charge in [0.05, 0.1) is 6.42 Å². The van der Waals surface area contributed by atoms with E-state index in [1.165, 1.54) is 6.42 Å². The maximum atomic E-state index is 12.1. The Bertz CT molecular complexity index is 637. The van der Waals surface area contributed by atoms with Crippen molar-refractivity contribution in [2.45, 2.75) is 52.4 Å². The summed E-state index contributed by atoms with van der Waals surface area (Å²) in [4.78, 5) is 24.1. The van der Waals surface area contributed by atoms with Gasteiger partial charge in [-0.3, -0.25) is 9.59 Å². The topological polar surface area (TPSA) is 70.6 Å². The third-order valence-electron chi connectivity index (χ3n) is 4.29. The average Bonchev–Trinajstić information content (AvgIpc) is 2.57. The average molecular weight is 350 g/mol. The summed E-state index contributed by atoms with van der Waals surface area (Å²) in [6.07, 6.45) is 5.38. The third kappa shape index (κ3) is 5.34. The molecule has 0 aliphatic heterocycles. The molecule has 0 spiro atoms. The zero-order valence-corrected chi connectivity index (χ0v) is 14.9. The van der Waals surface area contributed by atoms with Crippen molar-refractivity contribution in [3.05, 3.63) is 28.8 Å². The van der Waals surface area contributed by atoms with Crippen LogP contribution < -0.4 is 10.7 Å². The minimum Gasteiger partial charge on any atom is -0.325 e. The van der Waals surface area contributed by atoms with Crippen molar-refractivity contribution in [1.29, 1.82) is 0 Å². The van der Waals surface area contributed by atoms with Crippen molar-refractivity contribution < 1.29 is 9.59 Å². The first kappa shape index (κ1) is 18.5. The number of hydrazone groups is 1. The molecular formula is C18H24ClN3O2. The van der Waals surface area contributed by atoms with Crippen LogP contribution >= 0.6 is 11.6 Å². The van der Waals surface area contributed by atoms with E-state index in [1.807, 2.05) is 6.92 Å². The molecule has 1 saturated carbocycles. The Morgan fingerprint density at radius 3 is 2.67 bits per heavy atom. The van der Waals surface area contributed by atoms with E-state index in [1.54, 1.807) is 25.1 Å². The molecule has 0 aromatic heterocycles. The number of amides is 2. The van der Waals surface area contributed by atoms with Gasteiger partial charge in [0.25, 0.3) is 0 Å². The van der Waals surface area contributed by atoms with Crippen molar-refractivity contribution in [3.8, 4) is 0 Å². The normalized spacial score (nSPS) is 15.9. The molecule has 0 radical (unpaired) electrons. The molecule has 1 aromatic rings. The van der Waals surface area contributed by atoms with Crippen molar-refractivity contribution in [1.82, 2.24) is 5.43 Å². The van der Waals surface area contributed by atoms with Crippen LogP contribution in [0.25, 0.3) is 0 Å². The number of carbonyl (C=O) groups is 2. The monoisotopic (exact) mass is 349 g/mol. The molecule has 1 aliphatic carbocycles. The predicted octanol–water partition coefficient (Wildman–Crippen LogP) is 4.05. The largest absolute Gasteiger partial charge is 0.325 e. The molecule has 0 atom stereocenters. The third-order valence-corrected chi connectivity index (χ3v) is 4.70. The first-order valence-corrected chi connectivity index (χ1v) is 8.73. The van der Waals surface area contributed by atoms with Crippen LogP contribution in [0.1, 0.15) is 51.0 Å². The Kier molecular flexibility index (Phi) is 6.79. The second-order valence-electron chi connectivity index (χ2n) is 6.30. The van der Waals surface area contributed by atoms with Crippen LogP contribution in [0, 0.1) is 12.8 Å². The maximum absolute atomic E-state index is 12.1. The number of hydrogen-bond acceptors (Lipinski definition) is 3. The quantitative estimate of drug-likeness (QED) is 0.621. The Labute approximate surface area is 147 Å². The summed E-state index contributed by atoms with van der Waals surface area (Å²) in [5.74, 6) is -0.174. The van der Waals surface area contributed by atoms with Gasteiger partial charge >= 0.3 is 0 Å². The summed E-state index contributed by atoms with van der Waals surface area (Å²) >= 11 is 6.04. The number of nitrogens with one attached hydrogen (secondary N) is 2. The summed E-state index contributed by atoms with van der Waals surface area (Å²) in [6.45, 7) is 3.58. The van der Waals surface area contributed by atoms with Gasteiger partial charge in [0.1, 0.15) is 0 Å². The van der Waals surface area contributed by atoms with Crippen LogP contribution in [0.5, 0.6) is 0 Å². The second-order valence-corrected chi connectivity index (χ2v) is 6.70. The molecule has 6 heteroatoms. The highest BCUT2D eigenvalue weighted by Crippen LogP contribution is 2.24. The van der Waals surface area contributed by atoms with Crippen LogP contribution in [0.3, 0.4) is 0 Å². The van der Waals surface area contributed by atoms with E-state index in [4.69, 9.17) is 11.6 Å². The molecule has 2 amide bonds. The van der Waals surface area contributed by atoms with Gasteiger partial charge in [-0.05, 0) is 44.4 Å². The van der Waals surface area contributed by atoms with Gasteiger partial charge in [-0.1, -0.05) is 36.9 Å². The molecule has 2 N–H and O–H groups in total. The summed E-state index contributed by atoms with van der Waals surface area (Å²) < 4.78 is 0. The lowest BCUT2D eigenvalue weighted by Crippen LogP contribution is -2.29. The van der Waals surface area contributed by atoms with Gasteiger partial charge in [0.2, 0.25) is 11.8 Å². The molecule has 0 unspecified atom stereocenters. The Balaban J connectivity index is 1.84. The SMILES string of the molecule is C/C(CC(=O)Nc1cccc(Cl)c1C)=N\NC(=O)C1CCCCC1. The summed E-state index contributed by atoms with van der Waals surface area (Å²) in [7, 11) is 0. The molecular weight excluding hydrogens is 326 g/mol. The van der Waals surface area contributed by atoms with E-state index in [2.05, 4.69) is 15.8 Å². The van der Waals surface area contributed by atoms with Crippen LogP contribution in [-0.2, 0) is 9.59 Å². The Hall–Kier alpha value is -1.88. The van der Waals surface area contributed by atoms with E-state index >= 15 is 0 Å². The van der Waals surface area contributed by atoms with Crippen molar-refractivity contribution >= 4 is 34.8 Å². The molecule has 130 valence electrons. The molecule has 0 heterocycles. The minimum absolute atomic E-state index is 0.0415. The number of rotatable bonds is 5. The van der Waals surface area contributed by atoms with Gasteiger partial charge in [0, 0.05) is 22.3 Å². The fraction of sp³-hybridized carbons (Fsp3) is 0.500. The van der Waals surface area contributed by atoms with Crippen LogP contribution in [0.4, 0.5) is 5.69 Å². The lowest BCUT2D eigenvalue weighted by atomic mass is 9.89. The molecule has 0 bridgehead atoms. The van der Waals surface area contributed by atoms with Gasteiger partial charge < -0.3 is 5.32 Å². The van der Waals surface area contributed by atoms with E-state index in [9.17, 15) is 9.59 Å². The molecule has 1 fully saturated rings. The van der Waals surface area contributed by atoms with Crippen molar-refractivity contribution in [3.63, 3.8) is 0 Å². The molecule has 0 saturated heterocycles. The van der Waals surface area contributed by atoms with Gasteiger partial charge in [-0.25, -0.2) is 5.43 Å². The highest BCUT2D eigenvalue weighted by atomic mass is 35.5. The highest BCUT2D eigenvalue weighted by Gasteiger charge is 2.20. The molecule has 24 heavy (non-hydrogen) atoms. The molecule has 1 aromatic carbocycles. The number of halogens is 1. The standard InChI is InChI=1S/C18H24ClN3O2/c1-12(21-22-18(24)14-7-4-3-5-8-14)11-17(23)20-16-10-6-9-15(19)13(16)2/h6,9-10,14H,3-5,7-8,11H2,1-2H3,(H,20,23)(H,22,24)/b21-12+. The predicted molar refractivity (Wildman–Crippen MR) is 97.3 cm³/mol. The number of nitrogens with zero attached hydrogens (tertiary/aromatic N) is 1. The van der Waals surface area contributed by atoms with Gasteiger partial charge in [-0.2, -0.15) is 5.10 Å². The Morgan fingerprint density at radius 1 is 1.25 bits per heavy atom. The van der Waals surface area contributed by atoms with E-state index in [-0.39, 0.29) is 24.2 Å². The fourth-order valence-electron chi connectivity index (χ4n) is 2.82. The minimum atomic E-state index is -0.187. The van der Waals surface area contributed by atoms with Crippen LogP contribution in [-0.4, -0.2) is 17.5 Å². The smallest absolute Gasteiger partial charge is 0.243 e. The Morgan fingerprint density at radius 2 is 1.96 bits per heavy atom. The number of anilines is 1. The first-order chi connectivity index (χ1) is 11.5. The van der Waals surface area contributed by atoms with E-state index < -0.39 is 0 Å². The zero-order chi connectivity index (χ0) is 17.5. The van der Waals surface area contributed by atoms with Gasteiger partial charge in [0.15, 0.2) is 0 Å². The van der Waals surface area contributed by atoms with Crippen LogP contribution in [0.15, 0.2) is 23.3 Å². The summed E-state index contributed by atoms with van der Waals surface area (Å²) in [6, 6.07) is 5.37. The summed E-state index contributed by atoms with van der Waals surface area (Å²) in [5.41, 5.74) is 4.67. The fourth-order valence-corrected chi connectivity index (χ4v) is 2.99. The zero-order valence-electron chi connectivity index (χ0n) is 14.2. The van der Waals surface area contributed by atoms with Crippen LogP contribution in [0.2, 0.25) is 5.02 Å². The van der Waals surface area contributed by atoms with Crippen molar-refractivity contribution in [2.24, 2.45) is 11.0 Å². The van der Waals surface area contributed by atoms with E-state index in [0.717, 1.165) is 31.2 Å². The second kappa shape index (κ2) is 8.83. The lowest BCUT2D eigenvalue weighted by molar-refractivity contribution is -0.126. The van der Waals surface area contributed by atoms with Gasteiger partial charge in [-0.15, -0.1) is 0 Å². The number of hydrogen-bond donors (Lipinski definition) is 2. The molecule has 5 nitrogen and oxygen atoms in total. The molecule has 2 rings (SSSR count). The van der Waals surface area contributed by atoms with E-state index in [0.29, 0.717) is 16.4 Å². The number of benzene rings is 1. The summed E-state index contributed by atoms with van der Waals surface area (Å²) in [5, 5.41) is 7.48. The highest BCUT2D eigenvalue weighted by molar-refractivity contribution is 6.31. The van der Waals surface area contributed by atoms with Crippen molar-refractivity contribution in [2.75, 3.05) is 5.32 Å². The molecule has 1 aliphatic rings. The number of carbonyl (C=O) groups excluding carboxylic acids is 2.